The molecule has 18 heavy (non-hydrogen) atoms. The van der Waals surface area contributed by atoms with Crippen molar-refractivity contribution in [3.63, 3.8) is 0 Å². The Labute approximate surface area is 120 Å². The van der Waals surface area contributed by atoms with Gasteiger partial charge in [-0.25, -0.2) is 0 Å². The van der Waals surface area contributed by atoms with Gasteiger partial charge in [0.1, 0.15) is 17.3 Å². The van der Waals surface area contributed by atoms with Crippen molar-refractivity contribution in [3.05, 3.63) is 51.5 Å². The molecular weight excluding hydrogens is 341 g/mol. The van der Waals surface area contributed by atoms with Gasteiger partial charge in [0, 0.05) is 6.04 Å². The van der Waals surface area contributed by atoms with Crippen molar-refractivity contribution in [3.8, 4) is 5.75 Å². The molecule has 0 amide bonds. The van der Waals surface area contributed by atoms with Crippen LogP contribution in [-0.4, -0.2) is 6.04 Å². The molecule has 0 fully saturated rings. The van der Waals surface area contributed by atoms with Gasteiger partial charge in [0.25, 0.3) is 0 Å². The van der Waals surface area contributed by atoms with Crippen LogP contribution in [-0.2, 0) is 0 Å². The van der Waals surface area contributed by atoms with Crippen molar-refractivity contribution in [2.45, 2.75) is 26.0 Å². The van der Waals surface area contributed by atoms with E-state index in [2.05, 4.69) is 22.6 Å². The highest BCUT2D eigenvalue weighted by Crippen LogP contribution is 2.28. The Morgan fingerprint density at radius 1 is 1.22 bits per heavy atom. The van der Waals surface area contributed by atoms with E-state index in [4.69, 9.17) is 14.9 Å². The number of furan rings is 1. The number of benzene rings is 1. The molecule has 4 heteroatoms. The molecule has 0 aliphatic heterocycles. The third kappa shape index (κ3) is 3.05. The maximum atomic E-state index is 5.99. The van der Waals surface area contributed by atoms with Gasteiger partial charge in [-0.15, -0.1) is 0 Å². The topological polar surface area (TPSA) is 48.4 Å². The first-order valence-electron chi connectivity index (χ1n) is 5.81. The van der Waals surface area contributed by atoms with Crippen LogP contribution < -0.4 is 10.5 Å². The van der Waals surface area contributed by atoms with Gasteiger partial charge in [0.05, 0.1) is 3.57 Å². The Bertz CT molecular complexity index is 522. The van der Waals surface area contributed by atoms with Gasteiger partial charge in [-0.2, -0.15) is 0 Å². The minimum atomic E-state index is -0.269. The van der Waals surface area contributed by atoms with Gasteiger partial charge in [0.15, 0.2) is 6.10 Å². The summed E-state index contributed by atoms with van der Waals surface area (Å²) in [5.41, 5.74) is 5.99. The molecule has 0 radical (unpaired) electrons. The van der Waals surface area contributed by atoms with Crippen LogP contribution >= 0.6 is 22.6 Å². The van der Waals surface area contributed by atoms with Gasteiger partial charge in [-0.3, -0.25) is 0 Å². The quantitative estimate of drug-likeness (QED) is 0.850. The Hall–Kier alpha value is -1.01. The molecule has 2 unspecified atom stereocenters. The van der Waals surface area contributed by atoms with Crippen LogP contribution in [0.15, 0.2) is 40.8 Å². The summed E-state index contributed by atoms with van der Waals surface area (Å²) >= 11 is 2.25. The average molecular weight is 357 g/mol. The smallest absolute Gasteiger partial charge is 0.171 e. The number of ether oxygens (including phenoxy) is 1. The second-order valence-corrected chi connectivity index (χ2v) is 5.44. The molecule has 1 aromatic carbocycles. The molecule has 0 bridgehead atoms. The lowest BCUT2D eigenvalue weighted by Crippen LogP contribution is -2.28. The summed E-state index contributed by atoms with van der Waals surface area (Å²) in [6, 6.07) is 11.6. The van der Waals surface area contributed by atoms with E-state index in [1.54, 1.807) is 0 Å². The number of hydrogen-bond acceptors (Lipinski definition) is 3. The molecule has 0 saturated carbocycles. The zero-order valence-corrected chi connectivity index (χ0v) is 12.5. The van der Waals surface area contributed by atoms with Crippen molar-refractivity contribution < 1.29 is 9.15 Å². The summed E-state index contributed by atoms with van der Waals surface area (Å²) in [6.07, 6.45) is -0.269. The van der Waals surface area contributed by atoms with Crippen LogP contribution in [0.5, 0.6) is 5.75 Å². The number of hydrogen-bond donors (Lipinski definition) is 1. The van der Waals surface area contributed by atoms with Crippen molar-refractivity contribution in [1.29, 1.82) is 0 Å². The van der Waals surface area contributed by atoms with Crippen molar-refractivity contribution in [2.75, 3.05) is 0 Å². The summed E-state index contributed by atoms with van der Waals surface area (Å²) in [7, 11) is 0. The molecule has 2 atom stereocenters. The minimum Gasteiger partial charge on any atom is -0.480 e. The van der Waals surface area contributed by atoms with E-state index in [0.717, 1.165) is 20.8 Å². The van der Waals surface area contributed by atoms with Crippen molar-refractivity contribution in [1.82, 2.24) is 0 Å². The van der Waals surface area contributed by atoms with Crippen molar-refractivity contribution in [2.24, 2.45) is 5.73 Å². The van der Waals surface area contributed by atoms with E-state index in [-0.39, 0.29) is 12.1 Å². The second-order valence-electron chi connectivity index (χ2n) is 4.28. The molecule has 96 valence electrons. The molecule has 1 heterocycles. The predicted octanol–water partition coefficient (Wildman–Crippen LogP) is 3.66. The Balaban J connectivity index is 2.25. The predicted molar refractivity (Wildman–Crippen MR) is 79.6 cm³/mol. The summed E-state index contributed by atoms with van der Waals surface area (Å²) in [5, 5.41) is 0. The highest BCUT2D eigenvalue weighted by atomic mass is 127. The van der Waals surface area contributed by atoms with Crippen LogP contribution in [0.4, 0.5) is 0 Å². The largest absolute Gasteiger partial charge is 0.480 e. The molecule has 0 saturated heterocycles. The molecule has 1 aromatic heterocycles. The average Bonchev–Trinajstić information content (AvgIpc) is 2.74. The van der Waals surface area contributed by atoms with Crippen LogP contribution in [0.25, 0.3) is 0 Å². The molecule has 2 rings (SSSR count). The van der Waals surface area contributed by atoms with Crippen LogP contribution in [0.2, 0.25) is 0 Å². The molecule has 2 N–H and O–H groups in total. The normalized spacial score (nSPS) is 14.2. The monoisotopic (exact) mass is 357 g/mol. The maximum absolute atomic E-state index is 5.99. The second kappa shape index (κ2) is 5.75. The fraction of sp³-hybridized carbons (Fsp3) is 0.286. The number of aryl methyl sites for hydroxylation is 1. The summed E-state index contributed by atoms with van der Waals surface area (Å²) in [5.74, 6) is 2.46. The van der Waals surface area contributed by atoms with E-state index in [0.29, 0.717) is 0 Å². The fourth-order valence-corrected chi connectivity index (χ4v) is 2.22. The lowest BCUT2D eigenvalue weighted by molar-refractivity contribution is 0.150. The van der Waals surface area contributed by atoms with Crippen LogP contribution in [0, 0.1) is 10.5 Å². The molecule has 0 aliphatic carbocycles. The first-order chi connectivity index (χ1) is 8.58. The van der Waals surface area contributed by atoms with Crippen molar-refractivity contribution >= 4 is 22.6 Å². The number of nitrogens with two attached hydrogens (primary N) is 1. The van der Waals surface area contributed by atoms with E-state index in [9.17, 15) is 0 Å². The van der Waals surface area contributed by atoms with Crippen LogP contribution in [0.1, 0.15) is 24.5 Å². The first kappa shape index (κ1) is 13.4. The Morgan fingerprint density at radius 2 is 1.94 bits per heavy atom. The molecular formula is C14H16INO2. The lowest BCUT2D eigenvalue weighted by atomic mass is 10.1. The van der Waals surface area contributed by atoms with Gasteiger partial charge in [-0.1, -0.05) is 12.1 Å². The number of para-hydroxylation sites is 1. The SMILES string of the molecule is Cc1ccc(C(Oc2ccccc2I)C(C)N)o1. The summed E-state index contributed by atoms with van der Waals surface area (Å²) in [4.78, 5) is 0. The zero-order valence-electron chi connectivity index (χ0n) is 10.4. The van der Waals surface area contributed by atoms with Gasteiger partial charge >= 0.3 is 0 Å². The number of halogens is 1. The third-order valence-electron chi connectivity index (χ3n) is 2.61. The lowest BCUT2D eigenvalue weighted by Gasteiger charge is -2.21. The van der Waals surface area contributed by atoms with Gasteiger partial charge in [0.2, 0.25) is 0 Å². The highest BCUT2D eigenvalue weighted by molar-refractivity contribution is 14.1. The fourth-order valence-electron chi connectivity index (χ4n) is 1.71. The van der Waals surface area contributed by atoms with Gasteiger partial charge < -0.3 is 14.9 Å². The van der Waals surface area contributed by atoms with Crippen LogP contribution in [0.3, 0.4) is 0 Å². The number of rotatable bonds is 4. The Morgan fingerprint density at radius 3 is 2.50 bits per heavy atom. The maximum Gasteiger partial charge on any atom is 0.171 e. The van der Waals surface area contributed by atoms with E-state index < -0.39 is 0 Å². The third-order valence-corrected chi connectivity index (χ3v) is 3.50. The molecule has 0 aliphatic rings. The minimum absolute atomic E-state index is 0.147. The first-order valence-corrected chi connectivity index (χ1v) is 6.89. The molecule has 0 spiro atoms. The van der Waals surface area contributed by atoms with E-state index in [1.165, 1.54) is 0 Å². The summed E-state index contributed by atoms with van der Waals surface area (Å²) in [6.45, 7) is 3.83. The molecule has 3 nitrogen and oxygen atoms in total. The zero-order chi connectivity index (χ0) is 13.1. The standard InChI is InChI=1S/C14H16INO2/c1-9-7-8-13(17-9)14(10(2)16)18-12-6-4-3-5-11(12)15/h3-8,10,14H,16H2,1-2H3. The summed E-state index contributed by atoms with van der Waals surface area (Å²) < 4.78 is 12.7. The Kier molecular flexibility index (Phi) is 4.29. The molecule has 2 aromatic rings. The van der Waals surface area contributed by atoms with E-state index in [1.807, 2.05) is 50.2 Å². The highest BCUT2D eigenvalue weighted by Gasteiger charge is 2.22. The van der Waals surface area contributed by atoms with E-state index >= 15 is 0 Å². The van der Waals surface area contributed by atoms with Gasteiger partial charge in [-0.05, 0) is 60.7 Å².